The molecule has 3 unspecified atom stereocenters. The predicted molar refractivity (Wildman–Crippen MR) is 85.1 cm³/mol. The Morgan fingerprint density at radius 2 is 1.85 bits per heavy atom. The van der Waals surface area contributed by atoms with Crippen LogP contribution in [0.4, 0.5) is 0 Å². The molecule has 0 bridgehead atoms. The number of hydrogen-bond donors (Lipinski definition) is 0. The number of piperidine rings is 1. The molecule has 3 atom stereocenters. The number of nitrogens with zero attached hydrogens (tertiary/aromatic N) is 3. The van der Waals surface area contributed by atoms with Crippen LogP contribution in [-0.4, -0.2) is 72.1 Å². The van der Waals surface area contributed by atoms with Crippen LogP contribution < -0.4 is 0 Å². The molecule has 3 rings (SSSR count). The summed E-state index contributed by atoms with van der Waals surface area (Å²) in [6.45, 7) is 15.1. The largest absolute Gasteiger partial charge is 0.301 e. The Kier molecular flexibility index (Phi) is 4.68. The van der Waals surface area contributed by atoms with E-state index in [1.807, 2.05) is 0 Å². The number of likely N-dealkylation sites (tertiary alicyclic amines) is 1. The second-order valence-electron chi connectivity index (χ2n) is 7.69. The summed E-state index contributed by atoms with van der Waals surface area (Å²) in [6.07, 6.45) is 5.73. The third-order valence-electron chi connectivity index (χ3n) is 5.86. The van der Waals surface area contributed by atoms with Gasteiger partial charge >= 0.3 is 0 Å². The molecular weight excluding hydrogens is 246 g/mol. The number of fused-ring (bicyclic) bond motifs is 1. The van der Waals surface area contributed by atoms with Crippen molar-refractivity contribution in [1.29, 1.82) is 0 Å². The van der Waals surface area contributed by atoms with Crippen molar-refractivity contribution in [2.45, 2.75) is 64.6 Å². The molecule has 0 spiro atoms. The number of hydrogen-bond acceptors (Lipinski definition) is 3. The molecule has 3 heterocycles. The SMILES string of the molecule is CC(C)N1CCC(CN2CC3CCCCN3CC2C)C1. The first kappa shape index (κ1) is 14.8. The molecule has 3 fully saturated rings. The van der Waals surface area contributed by atoms with Gasteiger partial charge in [-0.1, -0.05) is 6.42 Å². The van der Waals surface area contributed by atoms with Gasteiger partial charge in [0.15, 0.2) is 0 Å². The van der Waals surface area contributed by atoms with E-state index in [1.54, 1.807) is 0 Å². The van der Waals surface area contributed by atoms with Crippen molar-refractivity contribution < 1.29 is 0 Å². The number of rotatable bonds is 3. The van der Waals surface area contributed by atoms with E-state index in [1.165, 1.54) is 65.0 Å². The van der Waals surface area contributed by atoms with Gasteiger partial charge in [-0.15, -0.1) is 0 Å². The molecule has 0 radical (unpaired) electrons. The highest BCUT2D eigenvalue weighted by Crippen LogP contribution is 2.26. The second kappa shape index (κ2) is 6.33. The zero-order valence-electron chi connectivity index (χ0n) is 13.7. The molecule has 0 aliphatic carbocycles. The lowest BCUT2D eigenvalue weighted by Gasteiger charge is -2.48. The van der Waals surface area contributed by atoms with Crippen LogP contribution in [0.2, 0.25) is 0 Å². The smallest absolute Gasteiger partial charge is 0.0223 e. The highest BCUT2D eigenvalue weighted by atomic mass is 15.3. The maximum absolute atomic E-state index is 2.81. The first-order chi connectivity index (χ1) is 9.63. The monoisotopic (exact) mass is 279 g/mol. The minimum atomic E-state index is 0.729. The fourth-order valence-electron chi connectivity index (χ4n) is 4.48. The van der Waals surface area contributed by atoms with Crippen molar-refractivity contribution in [3.05, 3.63) is 0 Å². The van der Waals surface area contributed by atoms with Crippen molar-refractivity contribution >= 4 is 0 Å². The number of piperazine rings is 1. The molecule has 0 saturated carbocycles. The van der Waals surface area contributed by atoms with Gasteiger partial charge in [0.05, 0.1) is 0 Å². The Labute approximate surface area is 125 Å². The zero-order valence-corrected chi connectivity index (χ0v) is 13.7. The third-order valence-corrected chi connectivity index (χ3v) is 5.86. The first-order valence-electron chi connectivity index (χ1n) is 8.85. The molecule has 0 amide bonds. The van der Waals surface area contributed by atoms with Gasteiger partial charge in [0.25, 0.3) is 0 Å². The van der Waals surface area contributed by atoms with E-state index in [9.17, 15) is 0 Å². The van der Waals surface area contributed by atoms with Gasteiger partial charge in [-0.2, -0.15) is 0 Å². The molecule has 0 N–H and O–H groups in total. The van der Waals surface area contributed by atoms with Gasteiger partial charge in [-0.3, -0.25) is 9.80 Å². The van der Waals surface area contributed by atoms with Gasteiger partial charge in [0.1, 0.15) is 0 Å². The molecule has 0 aromatic heterocycles. The maximum Gasteiger partial charge on any atom is 0.0223 e. The summed E-state index contributed by atoms with van der Waals surface area (Å²) < 4.78 is 0. The van der Waals surface area contributed by atoms with Crippen molar-refractivity contribution in [3.63, 3.8) is 0 Å². The molecule has 3 aliphatic heterocycles. The topological polar surface area (TPSA) is 9.72 Å². The van der Waals surface area contributed by atoms with E-state index < -0.39 is 0 Å². The molecule has 3 nitrogen and oxygen atoms in total. The molecule has 3 aliphatic rings. The lowest BCUT2D eigenvalue weighted by Crippen LogP contribution is -2.59. The summed E-state index contributed by atoms with van der Waals surface area (Å²) in [5.74, 6) is 0.912. The summed E-state index contributed by atoms with van der Waals surface area (Å²) in [5, 5.41) is 0. The normalized spacial score (nSPS) is 37.5. The Morgan fingerprint density at radius 1 is 1.00 bits per heavy atom. The van der Waals surface area contributed by atoms with Crippen LogP contribution in [0, 0.1) is 5.92 Å². The lowest BCUT2D eigenvalue weighted by molar-refractivity contribution is 0.00813. The van der Waals surface area contributed by atoms with Gasteiger partial charge in [0, 0.05) is 44.3 Å². The average molecular weight is 279 g/mol. The van der Waals surface area contributed by atoms with E-state index >= 15 is 0 Å². The van der Waals surface area contributed by atoms with Crippen molar-refractivity contribution in [1.82, 2.24) is 14.7 Å². The fraction of sp³-hybridized carbons (Fsp3) is 1.00. The highest BCUT2D eigenvalue weighted by molar-refractivity contribution is 4.91. The quantitative estimate of drug-likeness (QED) is 0.785. The molecule has 20 heavy (non-hydrogen) atoms. The third kappa shape index (κ3) is 3.20. The predicted octanol–water partition coefficient (Wildman–Crippen LogP) is 2.28. The molecule has 0 aromatic carbocycles. The zero-order chi connectivity index (χ0) is 14.1. The Morgan fingerprint density at radius 3 is 2.60 bits per heavy atom. The van der Waals surface area contributed by atoms with Crippen molar-refractivity contribution in [2.24, 2.45) is 5.92 Å². The summed E-state index contributed by atoms with van der Waals surface area (Å²) in [4.78, 5) is 8.23. The standard InChI is InChI=1S/C17H33N3/c1-14(2)18-9-7-16(11-18)12-20-13-17-6-4-5-8-19(17)10-15(20)3/h14-17H,4-13H2,1-3H3. The minimum Gasteiger partial charge on any atom is -0.301 e. The van der Waals surface area contributed by atoms with E-state index in [0.717, 1.165) is 24.0 Å². The highest BCUT2D eigenvalue weighted by Gasteiger charge is 2.35. The summed E-state index contributed by atoms with van der Waals surface area (Å²) in [7, 11) is 0. The van der Waals surface area contributed by atoms with Crippen LogP contribution in [0.1, 0.15) is 46.5 Å². The van der Waals surface area contributed by atoms with Gasteiger partial charge in [0.2, 0.25) is 0 Å². The minimum absolute atomic E-state index is 0.729. The van der Waals surface area contributed by atoms with Crippen LogP contribution in [0.15, 0.2) is 0 Å². The van der Waals surface area contributed by atoms with Crippen molar-refractivity contribution in [3.8, 4) is 0 Å². The average Bonchev–Trinajstić information content (AvgIpc) is 2.88. The van der Waals surface area contributed by atoms with Crippen LogP contribution in [-0.2, 0) is 0 Å². The molecule has 116 valence electrons. The maximum atomic E-state index is 2.81. The van der Waals surface area contributed by atoms with Crippen LogP contribution >= 0.6 is 0 Å². The van der Waals surface area contributed by atoms with E-state index in [0.29, 0.717) is 0 Å². The second-order valence-corrected chi connectivity index (χ2v) is 7.69. The molecular formula is C17H33N3. The summed E-state index contributed by atoms with van der Waals surface area (Å²) in [5.41, 5.74) is 0. The molecule has 0 aromatic rings. The fourth-order valence-corrected chi connectivity index (χ4v) is 4.48. The Bertz CT molecular complexity index is 317. The van der Waals surface area contributed by atoms with E-state index in [2.05, 4.69) is 35.5 Å². The Hall–Kier alpha value is -0.120. The first-order valence-corrected chi connectivity index (χ1v) is 8.85. The van der Waals surface area contributed by atoms with Crippen molar-refractivity contribution in [2.75, 3.05) is 39.3 Å². The van der Waals surface area contributed by atoms with Gasteiger partial charge < -0.3 is 4.90 Å². The van der Waals surface area contributed by atoms with E-state index in [-0.39, 0.29) is 0 Å². The lowest BCUT2D eigenvalue weighted by atomic mass is 9.96. The van der Waals surface area contributed by atoms with Crippen LogP contribution in [0.25, 0.3) is 0 Å². The van der Waals surface area contributed by atoms with Crippen LogP contribution in [0.3, 0.4) is 0 Å². The molecule has 3 saturated heterocycles. The van der Waals surface area contributed by atoms with Crippen LogP contribution in [0.5, 0.6) is 0 Å². The van der Waals surface area contributed by atoms with Gasteiger partial charge in [-0.25, -0.2) is 0 Å². The molecule has 3 heteroatoms. The van der Waals surface area contributed by atoms with E-state index in [4.69, 9.17) is 0 Å². The Balaban J connectivity index is 1.52. The summed E-state index contributed by atoms with van der Waals surface area (Å²) in [6, 6.07) is 2.35. The summed E-state index contributed by atoms with van der Waals surface area (Å²) >= 11 is 0. The van der Waals surface area contributed by atoms with Gasteiger partial charge in [-0.05, 0) is 59.0 Å².